The number of ketones is 1. The number of Topliss-reactive ketones (excluding diaryl/α,β-unsaturated/α-hetero) is 1. The van der Waals surface area contributed by atoms with E-state index in [1.165, 1.54) is 6.07 Å². The van der Waals surface area contributed by atoms with Crippen molar-refractivity contribution >= 4 is 5.78 Å². The zero-order valence-corrected chi connectivity index (χ0v) is 17.1. The molecule has 0 spiro atoms. The summed E-state index contributed by atoms with van der Waals surface area (Å²) in [6, 6.07) is 9.56. The van der Waals surface area contributed by atoms with Gasteiger partial charge in [-0.25, -0.2) is 0 Å². The van der Waals surface area contributed by atoms with Gasteiger partial charge in [0.15, 0.2) is 5.78 Å². The highest BCUT2D eigenvalue weighted by Gasteiger charge is 2.45. The minimum atomic E-state index is -1.62. The second-order valence-electron chi connectivity index (χ2n) is 7.64. The van der Waals surface area contributed by atoms with Crippen molar-refractivity contribution in [3.05, 3.63) is 47.5 Å². The van der Waals surface area contributed by atoms with Crippen molar-refractivity contribution in [3.63, 3.8) is 0 Å². The molecule has 2 aliphatic heterocycles. The summed E-state index contributed by atoms with van der Waals surface area (Å²) in [5.74, 6) is 0.0452. The van der Waals surface area contributed by atoms with E-state index in [1.54, 1.807) is 31.4 Å². The monoisotopic (exact) mass is 448 g/mol. The number of phenolic OH excluding ortho intramolecular Hbond substituents is 1. The van der Waals surface area contributed by atoms with Crippen LogP contribution in [0.2, 0.25) is 0 Å². The minimum Gasteiger partial charge on any atom is -0.507 e. The zero-order chi connectivity index (χ0) is 23.0. The number of ether oxygens (including phenoxy) is 4. The summed E-state index contributed by atoms with van der Waals surface area (Å²) in [5.41, 5.74) is 0.750. The third kappa shape index (κ3) is 4.10. The molecule has 10 heteroatoms. The average Bonchev–Trinajstić information content (AvgIpc) is 2.79. The van der Waals surface area contributed by atoms with E-state index in [1.807, 2.05) is 0 Å². The van der Waals surface area contributed by atoms with Crippen LogP contribution >= 0.6 is 0 Å². The number of aliphatic hydroxyl groups excluding tert-OH is 4. The minimum absolute atomic E-state index is 0.00578. The first-order chi connectivity index (χ1) is 15.3. The first kappa shape index (κ1) is 22.3. The number of carbonyl (C=O) groups is 1. The van der Waals surface area contributed by atoms with Gasteiger partial charge in [0.1, 0.15) is 59.1 Å². The van der Waals surface area contributed by atoms with E-state index in [-0.39, 0.29) is 35.0 Å². The number of benzene rings is 2. The predicted octanol–water partition coefficient (Wildman–Crippen LogP) is 0.286. The molecule has 32 heavy (non-hydrogen) atoms. The molecule has 0 unspecified atom stereocenters. The largest absolute Gasteiger partial charge is 0.507 e. The molecule has 0 aromatic heterocycles. The Kier molecular flexibility index (Phi) is 6.22. The van der Waals surface area contributed by atoms with E-state index in [4.69, 9.17) is 18.9 Å². The van der Waals surface area contributed by atoms with Gasteiger partial charge in [-0.3, -0.25) is 4.79 Å². The Morgan fingerprint density at radius 2 is 1.75 bits per heavy atom. The van der Waals surface area contributed by atoms with Crippen molar-refractivity contribution in [1.29, 1.82) is 0 Å². The fraction of sp³-hybridized carbons (Fsp3) is 0.409. The molecular formula is C22H24O10. The molecule has 2 aromatic rings. The van der Waals surface area contributed by atoms with Crippen molar-refractivity contribution < 1.29 is 49.3 Å². The van der Waals surface area contributed by atoms with Crippen LogP contribution in [-0.2, 0) is 4.74 Å². The van der Waals surface area contributed by atoms with Gasteiger partial charge < -0.3 is 44.5 Å². The van der Waals surface area contributed by atoms with Gasteiger partial charge in [-0.15, -0.1) is 0 Å². The molecule has 2 aliphatic rings. The second kappa shape index (κ2) is 8.93. The molecule has 0 saturated carbocycles. The Morgan fingerprint density at radius 3 is 2.41 bits per heavy atom. The molecule has 2 aromatic carbocycles. The van der Waals surface area contributed by atoms with Gasteiger partial charge >= 0.3 is 0 Å². The molecule has 5 N–H and O–H groups in total. The molecule has 10 nitrogen and oxygen atoms in total. The summed E-state index contributed by atoms with van der Waals surface area (Å²) in [6.07, 6.45) is -7.93. The summed E-state index contributed by atoms with van der Waals surface area (Å²) >= 11 is 0. The molecule has 0 amide bonds. The number of rotatable bonds is 5. The lowest BCUT2D eigenvalue weighted by molar-refractivity contribution is -0.277. The topological polar surface area (TPSA) is 155 Å². The number of aromatic hydroxyl groups is 1. The molecule has 0 radical (unpaired) electrons. The first-order valence-corrected chi connectivity index (χ1v) is 10.0. The lowest BCUT2D eigenvalue weighted by Crippen LogP contribution is -2.60. The van der Waals surface area contributed by atoms with Crippen LogP contribution < -0.4 is 14.2 Å². The zero-order valence-electron chi connectivity index (χ0n) is 17.1. The van der Waals surface area contributed by atoms with Crippen LogP contribution in [0.3, 0.4) is 0 Å². The van der Waals surface area contributed by atoms with E-state index >= 15 is 0 Å². The number of methoxy groups -OCH3 is 1. The van der Waals surface area contributed by atoms with E-state index in [0.717, 1.165) is 11.6 Å². The van der Waals surface area contributed by atoms with Crippen molar-refractivity contribution in [2.75, 3.05) is 13.7 Å². The Morgan fingerprint density at radius 1 is 1.03 bits per heavy atom. The van der Waals surface area contributed by atoms with Crippen molar-refractivity contribution in [3.8, 4) is 23.0 Å². The van der Waals surface area contributed by atoms with Crippen molar-refractivity contribution in [1.82, 2.24) is 0 Å². The van der Waals surface area contributed by atoms with Crippen LogP contribution in [0.1, 0.15) is 28.4 Å². The summed E-state index contributed by atoms with van der Waals surface area (Å²) in [7, 11) is 1.55. The molecule has 0 bridgehead atoms. The van der Waals surface area contributed by atoms with E-state index in [2.05, 4.69) is 0 Å². The van der Waals surface area contributed by atoms with E-state index in [0.29, 0.717) is 5.75 Å². The summed E-state index contributed by atoms with van der Waals surface area (Å²) in [5, 5.41) is 49.7. The molecule has 2 heterocycles. The maximum absolute atomic E-state index is 12.7. The molecule has 6 atom stereocenters. The third-order valence-electron chi connectivity index (χ3n) is 5.56. The highest BCUT2D eigenvalue weighted by molar-refractivity contribution is 6.02. The fourth-order valence-electron chi connectivity index (χ4n) is 3.79. The normalized spacial score (nSPS) is 29.7. The van der Waals surface area contributed by atoms with E-state index < -0.39 is 43.4 Å². The van der Waals surface area contributed by atoms with E-state index in [9.17, 15) is 30.3 Å². The number of fused-ring (bicyclic) bond motifs is 1. The van der Waals surface area contributed by atoms with Crippen LogP contribution in [0.4, 0.5) is 0 Å². The summed E-state index contributed by atoms with van der Waals surface area (Å²) < 4.78 is 22.0. The summed E-state index contributed by atoms with van der Waals surface area (Å²) in [4.78, 5) is 12.7. The number of hydrogen-bond donors (Lipinski definition) is 5. The Bertz CT molecular complexity index is 973. The quantitative estimate of drug-likeness (QED) is 0.431. The fourth-order valence-corrected chi connectivity index (χ4v) is 3.79. The highest BCUT2D eigenvalue weighted by Crippen LogP contribution is 2.42. The molecule has 0 aliphatic carbocycles. The smallest absolute Gasteiger partial charge is 0.229 e. The van der Waals surface area contributed by atoms with Crippen LogP contribution in [-0.4, -0.2) is 75.7 Å². The SMILES string of the molecule is COc1ccc([C@@H]2CC(=O)c3c(O)cc(O[C@@H]4O[C@H](CO)[C@@H](O)[C@H](O)[C@H]4O)cc3O2)cc1. The van der Waals surface area contributed by atoms with Gasteiger partial charge in [-0.2, -0.15) is 0 Å². The summed E-state index contributed by atoms with van der Waals surface area (Å²) in [6.45, 7) is -0.610. The lowest BCUT2D eigenvalue weighted by atomic mass is 9.95. The van der Waals surface area contributed by atoms with Gasteiger partial charge in [0.05, 0.1) is 20.1 Å². The lowest BCUT2D eigenvalue weighted by Gasteiger charge is -2.39. The third-order valence-corrected chi connectivity index (χ3v) is 5.56. The highest BCUT2D eigenvalue weighted by atomic mass is 16.7. The standard InChI is InChI=1S/C22H24O10/c1-29-11-4-2-10(3-5-11)15-8-14(25)18-13(24)6-12(7-16(18)31-15)30-22-21(28)20(27)19(26)17(9-23)32-22/h2-7,15,17,19-24,26-28H,8-9H2,1H3/t15-,17+,19+,20-,21+,22+/m0/s1. The Hall–Kier alpha value is -2.89. The van der Waals surface area contributed by atoms with Crippen LogP contribution in [0.5, 0.6) is 23.0 Å². The first-order valence-electron chi connectivity index (χ1n) is 10.0. The molecular weight excluding hydrogens is 424 g/mol. The van der Waals surface area contributed by atoms with Gasteiger partial charge in [-0.1, -0.05) is 12.1 Å². The average molecular weight is 448 g/mol. The predicted molar refractivity (Wildman–Crippen MR) is 108 cm³/mol. The number of hydrogen-bond acceptors (Lipinski definition) is 10. The number of aliphatic hydroxyl groups is 4. The van der Waals surface area contributed by atoms with Crippen LogP contribution in [0.15, 0.2) is 36.4 Å². The second-order valence-corrected chi connectivity index (χ2v) is 7.64. The molecule has 172 valence electrons. The molecule has 4 rings (SSSR count). The van der Waals surface area contributed by atoms with Crippen molar-refractivity contribution in [2.45, 2.75) is 43.2 Å². The van der Waals surface area contributed by atoms with Crippen LogP contribution in [0, 0.1) is 0 Å². The number of phenols is 1. The maximum Gasteiger partial charge on any atom is 0.229 e. The van der Waals surface area contributed by atoms with Crippen molar-refractivity contribution in [2.24, 2.45) is 0 Å². The molecule has 1 fully saturated rings. The van der Waals surface area contributed by atoms with Gasteiger partial charge in [0.25, 0.3) is 0 Å². The molecule has 1 saturated heterocycles. The van der Waals surface area contributed by atoms with Gasteiger partial charge in [0, 0.05) is 12.1 Å². The Balaban J connectivity index is 1.58. The van der Waals surface area contributed by atoms with Crippen LogP contribution in [0.25, 0.3) is 0 Å². The number of carbonyl (C=O) groups excluding carboxylic acids is 1. The maximum atomic E-state index is 12.7. The van der Waals surface area contributed by atoms with Gasteiger partial charge in [-0.05, 0) is 17.7 Å². The Labute approximate surface area is 183 Å². The van der Waals surface area contributed by atoms with Gasteiger partial charge in [0.2, 0.25) is 6.29 Å².